The molecule has 0 saturated carbocycles. The molecule has 0 atom stereocenters. The van der Waals surface area contributed by atoms with Crippen molar-refractivity contribution in [1.29, 1.82) is 0 Å². The van der Waals surface area contributed by atoms with Crippen LogP contribution in [0, 0.1) is 0 Å². The minimum atomic E-state index is -0.269. The number of aromatic nitrogens is 2. The third kappa shape index (κ3) is 5.04. The van der Waals surface area contributed by atoms with Gasteiger partial charge in [-0.3, -0.25) is 14.7 Å². The van der Waals surface area contributed by atoms with Gasteiger partial charge in [-0.1, -0.05) is 18.2 Å². The second-order valence-electron chi connectivity index (χ2n) is 4.89. The fourth-order valence-electron chi connectivity index (χ4n) is 2.04. The Balaban J connectivity index is 1.68. The van der Waals surface area contributed by atoms with Crippen LogP contribution in [-0.4, -0.2) is 61.9 Å². The first kappa shape index (κ1) is 16.9. The van der Waals surface area contributed by atoms with E-state index in [1.54, 1.807) is 7.11 Å². The molecule has 2 amide bonds. The van der Waals surface area contributed by atoms with Crippen molar-refractivity contribution in [1.82, 2.24) is 26.1 Å². The number of ether oxygens (including phenoxy) is 1. The summed E-state index contributed by atoms with van der Waals surface area (Å²) >= 11 is 0. The smallest absolute Gasteiger partial charge is 0.272 e. The van der Waals surface area contributed by atoms with E-state index in [9.17, 15) is 9.59 Å². The highest BCUT2D eigenvalue weighted by Crippen LogP contribution is 2.14. The first-order valence-corrected chi connectivity index (χ1v) is 7.40. The number of nitrogens with zero attached hydrogens (tertiary/aromatic N) is 1. The number of benzene rings is 1. The van der Waals surface area contributed by atoms with Crippen LogP contribution in [0.2, 0.25) is 0 Å². The van der Waals surface area contributed by atoms with Crippen LogP contribution in [0.4, 0.5) is 0 Å². The lowest BCUT2D eigenvalue weighted by atomic mass is 10.2. The number of nitrogens with one attached hydrogen (secondary N) is 4. The number of hydrogen-bond donors (Lipinski definition) is 4. The molecule has 2 rings (SSSR count). The molecular weight excluding hydrogens is 298 g/mol. The average Bonchev–Trinajstić information content (AvgIpc) is 2.99. The van der Waals surface area contributed by atoms with Gasteiger partial charge >= 0.3 is 0 Å². The first-order valence-electron chi connectivity index (χ1n) is 7.40. The standard InChI is InChI=1S/C15H21N5O3/c1-23-9-8-16-10-13(21)17-6-7-18-15(22)14-11-4-2-3-5-12(11)19-20-14/h2-5,16H,6-10H2,1H3,(H,17,21)(H,18,22)(H,19,20). The third-order valence-electron chi connectivity index (χ3n) is 3.19. The molecule has 0 aliphatic heterocycles. The monoisotopic (exact) mass is 319 g/mol. The van der Waals surface area contributed by atoms with E-state index in [0.717, 1.165) is 10.9 Å². The summed E-state index contributed by atoms with van der Waals surface area (Å²) in [7, 11) is 1.60. The van der Waals surface area contributed by atoms with E-state index in [4.69, 9.17) is 4.74 Å². The first-order chi connectivity index (χ1) is 11.2. The van der Waals surface area contributed by atoms with Gasteiger partial charge in [-0.2, -0.15) is 5.10 Å². The Morgan fingerprint density at radius 1 is 1.17 bits per heavy atom. The van der Waals surface area contributed by atoms with Crippen molar-refractivity contribution in [2.24, 2.45) is 0 Å². The normalized spacial score (nSPS) is 10.7. The second-order valence-corrected chi connectivity index (χ2v) is 4.89. The molecule has 0 unspecified atom stereocenters. The molecule has 8 heteroatoms. The molecule has 0 fully saturated rings. The molecule has 0 bridgehead atoms. The Hall–Kier alpha value is -2.45. The van der Waals surface area contributed by atoms with Crippen molar-refractivity contribution in [2.45, 2.75) is 0 Å². The van der Waals surface area contributed by atoms with Gasteiger partial charge in [-0.25, -0.2) is 0 Å². The summed E-state index contributed by atoms with van der Waals surface area (Å²) < 4.78 is 4.86. The number of hydrogen-bond acceptors (Lipinski definition) is 5. The van der Waals surface area contributed by atoms with Gasteiger partial charge in [0.1, 0.15) is 0 Å². The van der Waals surface area contributed by atoms with E-state index in [-0.39, 0.29) is 18.4 Å². The molecular formula is C15H21N5O3. The van der Waals surface area contributed by atoms with E-state index in [0.29, 0.717) is 31.9 Å². The molecule has 23 heavy (non-hydrogen) atoms. The summed E-state index contributed by atoms with van der Waals surface area (Å²) in [6.45, 7) is 2.10. The predicted molar refractivity (Wildman–Crippen MR) is 86.2 cm³/mol. The Morgan fingerprint density at radius 3 is 2.78 bits per heavy atom. The van der Waals surface area contributed by atoms with Gasteiger partial charge in [-0.05, 0) is 6.07 Å². The average molecular weight is 319 g/mol. The van der Waals surface area contributed by atoms with Crippen molar-refractivity contribution in [3.8, 4) is 0 Å². The molecule has 0 aliphatic rings. The van der Waals surface area contributed by atoms with E-state index in [1.165, 1.54) is 0 Å². The maximum atomic E-state index is 12.1. The molecule has 8 nitrogen and oxygen atoms in total. The lowest BCUT2D eigenvalue weighted by Crippen LogP contribution is -2.39. The maximum absolute atomic E-state index is 12.1. The molecule has 2 aromatic rings. The third-order valence-corrected chi connectivity index (χ3v) is 3.19. The zero-order valence-corrected chi connectivity index (χ0v) is 13.0. The quantitative estimate of drug-likeness (QED) is 0.472. The van der Waals surface area contributed by atoms with Crippen LogP contribution >= 0.6 is 0 Å². The number of H-pyrrole nitrogens is 1. The second kappa shape index (κ2) is 8.86. The summed E-state index contributed by atoms with van der Waals surface area (Å²) in [6.07, 6.45) is 0. The number of aromatic amines is 1. The molecule has 1 aromatic heterocycles. The van der Waals surface area contributed by atoms with E-state index >= 15 is 0 Å². The van der Waals surface area contributed by atoms with Gasteiger partial charge < -0.3 is 20.7 Å². The maximum Gasteiger partial charge on any atom is 0.272 e. The molecule has 1 aromatic carbocycles. The van der Waals surface area contributed by atoms with Crippen molar-refractivity contribution >= 4 is 22.7 Å². The summed E-state index contributed by atoms with van der Waals surface area (Å²) in [6, 6.07) is 7.42. The van der Waals surface area contributed by atoms with E-state index in [1.807, 2.05) is 24.3 Å². The highest BCUT2D eigenvalue weighted by molar-refractivity contribution is 6.04. The minimum Gasteiger partial charge on any atom is -0.383 e. The molecule has 4 N–H and O–H groups in total. The van der Waals surface area contributed by atoms with Crippen molar-refractivity contribution in [3.63, 3.8) is 0 Å². The topological polar surface area (TPSA) is 108 Å². The van der Waals surface area contributed by atoms with Crippen LogP contribution in [0.1, 0.15) is 10.5 Å². The predicted octanol–water partition coefficient (Wildman–Crippen LogP) is -0.355. The van der Waals surface area contributed by atoms with Crippen molar-refractivity contribution in [2.75, 3.05) is 39.9 Å². The van der Waals surface area contributed by atoms with Gasteiger partial charge in [0.05, 0.1) is 18.7 Å². The lowest BCUT2D eigenvalue weighted by Gasteiger charge is -2.07. The zero-order chi connectivity index (χ0) is 16.5. The van der Waals surface area contributed by atoms with Crippen molar-refractivity contribution < 1.29 is 14.3 Å². The number of fused-ring (bicyclic) bond motifs is 1. The van der Waals surface area contributed by atoms with Crippen LogP contribution in [0.15, 0.2) is 24.3 Å². The van der Waals surface area contributed by atoms with Crippen LogP contribution in [-0.2, 0) is 9.53 Å². The van der Waals surface area contributed by atoms with Crippen LogP contribution in [0.5, 0.6) is 0 Å². The Morgan fingerprint density at radius 2 is 1.96 bits per heavy atom. The van der Waals surface area contributed by atoms with E-state index < -0.39 is 0 Å². The number of rotatable bonds is 9. The number of amides is 2. The van der Waals surface area contributed by atoms with Gasteiger partial charge in [0.2, 0.25) is 5.91 Å². The summed E-state index contributed by atoms with van der Waals surface area (Å²) in [5.74, 6) is -0.393. The van der Waals surface area contributed by atoms with Gasteiger partial charge in [0.25, 0.3) is 5.91 Å². The molecule has 0 radical (unpaired) electrons. The molecule has 1 heterocycles. The number of methoxy groups -OCH3 is 1. The van der Waals surface area contributed by atoms with Crippen LogP contribution in [0.25, 0.3) is 10.9 Å². The van der Waals surface area contributed by atoms with Crippen LogP contribution in [0.3, 0.4) is 0 Å². The number of para-hydroxylation sites is 1. The Kier molecular flexibility index (Phi) is 6.52. The van der Waals surface area contributed by atoms with Crippen molar-refractivity contribution in [3.05, 3.63) is 30.0 Å². The Bertz CT molecular complexity index is 655. The molecule has 0 spiro atoms. The fraction of sp³-hybridized carbons (Fsp3) is 0.400. The SMILES string of the molecule is COCCNCC(=O)NCCNC(=O)c1n[nH]c2ccccc12. The zero-order valence-electron chi connectivity index (χ0n) is 13.0. The largest absolute Gasteiger partial charge is 0.383 e. The molecule has 124 valence electrons. The number of carbonyl (C=O) groups excluding carboxylic acids is 2. The minimum absolute atomic E-state index is 0.124. The lowest BCUT2D eigenvalue weighted by molar-refractivity contribution is -0.120. The summed E-state index contributed by atoms with van der Waals surface area (Å²) in [5.41, 5.74) is 1.17. The highest BCUT2D eigenvalue weighted by atomic mass is 16.5. The Labute approximate surface area is 134 Å². The van der Waals surface area contributed by atoms with Gasteiger partial charge in [0, 0.05) is 32.1 Å². The van der Waals surface area contributed by atoms with Gasteiger partial charge in [-0.15, -0.1) is 0 Å². The highest BCUT2D eigenvalue weighted by Gasteiger charge is 2.12. The van der Waals surface area contributed by atoms with Crippen LogP contribution < -0.4 is 16.0 Å². The summed E-state index contributed by atoms with van der Waals surface area (Å²) in [4.78, 5) is 23.6. The fourth-order valence-corrected chi connectivity index (χ4v) is 2.04. The summed E-state index contributed by atoms with van der Waals surface area (Å²) in [5, 5.41) is 16.0. The molecule has 0 saturated heterocycles. The molecule has 0 aliphatic carbocycles. The number of carbonyl (C=O) groups is 2. The van der Waals surface area contributed by atoms with E-state index in [2.05, 4.69) is 26.1 Å². The van der Waals surface area contributed by atoms with Gasteiger partial charge in [0.15, 0.2) is 5.69 Å².